The molecule has 0 aliphatic heterocycles. The molecule has 0 spiro atoms. The Morgan fingerprint density at radius 3 is 2.67 bits per heavy atom. The Kier molecular flexibility index (Phi) is 5.44. The molecule has 2 aromatic carbocycles. The standard InChI is InChI=1S/C24H21N3O3/c1-15(23(28)27-19-11-5-2-8-16(19)14-25)30-24(29)22-17-9-3-6-12-20(17)26-21-13-7-4-10-18(21)22/h2-3,5-6,8-9,11-12,15H,4,7,10,13H2,1H3,(H,27,28)/t15-/m0/s1. The topological polar surface area (TPSA) is 92.1 Å². The zero-order valence-corrected chi connectivity index (χ0v) is 16.6. The van der Waals surface area contributed by atoms with Crippen molar-refractivity contribution in [1.29, 1.82) is 5.26 Å². The molecule has 6 heteroatoms. The Bertz CT molecular complexity index is 1180. The number of fused-ring (bicyclic) bond motifs is 2. The summed E-state index contributed by atoms with van der Waals surface area (Å²) >= 11 is 0. The van der Waals surface area contributed by atoms with Gasteiger partial charge in [0.15, 0.2) is 6.10 Å². The molecule has 0 bridgehead atoms. The van der Waals surface area contributed by atoms with Crippen LogP contribution in [0.3, 0.4) is 0 Å². The van der Waals surface area contributed by atoms with E-state index in [0.29, 0.717) is 16.8 Å². The molecule has 1 atom stereocenters. The molecular weight excluding hydrogens is 378 g/mol. The molecule has 1 N–H and O–H groups in total. The maximum Gasteiger partial charge on any atom is 0.339 e. The van der Waals surface area contributed by atoms with Gasteiger partial charge in [0.1, 0.15) is 6.07 Å². The zero-order valence-electron chi connectivity index (χ0n) is 16.6. The molecule has 0 unspecified atom stereocenters. The van der Waals surface area contributed by atoms with E-state index in [1.54, 1.807) is 24.3 Å². The first kappa shape index (κ1) is 19.6. The average molecular weight is 399 g/mol. The molecule has 1 amide bonds. The van der Waals surface area contributed by atoms with Crippen LogP contribution in [-0.4, -0.2) is 23.0 Å². The zero-order chi connectivity index (χ0) is 21.1. The van der Waals surface area contributed by atoms with Gasteiger partial charge in [-0.05, 0) is 56.4 Å². The number of aryl methyl sites for hydroxylation is 1. The lowest BCUT2D eigenvalue weighted by molar-refractivity contribution is -0.123. The highest BCUT2D eigenvalue weighted by Gasteiger charge is 2.26. The number of amides is 1. The molecular formula is C24H21N3O3. The van der Waals surface area contributed by atoms with Crippen LogP contribution in [0.4, 0.5) is 5.69 Å². The van der Waals surface area contributed by atoms with Gasteiger partial charge in [-0.2, -0.15) is 5.26 Å². The monoisotopic (exact) mass is 399 g/mol. The molecule has 6 nitrogen and oxygen atoms in total. The van der Waals surface area contributed by atoms with E-state index in [0.717, 1.165) is 47.8 Å². The molecule has 0 saturated heterocycles. The summed E-state index contributed by atoms with van der Waals surface area (Å²) in [6, 6.07) is 16.2. The number of esters is 1. The van der Waals surface area contributed by atoms with Gasteiger partial charge < -0.3 is 10.1 Å². The summed E-state index contributed by atoms with van der Waals surface area (Å²) < 4.78 is 5.56. The van der Waals surface area contributed by atoms with Crippen LogP contribution in [0.15, 0.2) is 48.5 Å². The fraction of sp³-hybridized carbons (Fsp3) is 0.250. The third-order valence-corrected chi connectivity index (χ3v) is 5.33. The molecule has 1 heterocycles. The van der Waals surface area contributed by atoms with Crippen LogP contribution in [0, 0.1) is 11.3 Å². The van der Waals surface area contributed by atoms with Gasteiger partial charge >= 0.3 is 5.97 Å². The summed E-state index contributed by atoms with van der Waals surface area (Å²) in [6.07, 6.45) is 2.63. The van der Waals surface area contributed by atoms with Crippen LogP contribution >= 0.6 is 0 Å². The number of hydrogen-bond acceptors (Lipinski definition) is 5. The van der Waals surface area contributed by atoms with E-state index < -0.39 is 18.0 Å². The SMILES string of the molecule is C[C@H](OC(=O)c1c2c(nc3ccccc13)CCCC2)C(=O)Nc1ccccc1C#N. The van der Waals surface area contributed by atoms with E-state index in [2.05, 4.69) is 5.32 Å². The largest absolute Gasteiger partial charge is 0.449 e. The van der Waals surface area contributed by atoms with Gasteiger partial charge in [0.05, 0.1) is 22.3 Å². The molecule has 4 rings (SSSR count). The number of benzene rings is 2. The highest BCUT2D eigenvalue weighted by atomic mass is 16.5. The minimum atomic E-state index is -1.02. The van der Waals surface area contributed by atoms with Gasteiger partial charge in [0.2, 0.25) is 0 Å². The fourth-order valence-electron chi connectivity index (χ4n) is 3.80. The number of nitrogens with one attached hydrogen (secondary N) is 1. The second-order valence-electron chi connectivity index (χ2n) is 7.33. The van der Waals surface area contributed by atoms with Crippen LogP contribution in [0.2, 0.25) is 0 Å². The quantitative estimate of drug-likeness (QED) is 0.665. The molecule has 0 radical (unpaired) electrons. The molecule has 30 heavy (non-hydrogen) atoms. The first-order valence-electron chi connectivity index (χ1n) is 10.00. The summed E-state index contributed by atoms with van der Waals surface area (Å²) in [5.74, 6) is -1.01. The Morgan fingerprint density at radius 1 is 1.10 bits per heavy atom. The second kappa shape index (κ2) is 8.34. The highest BCUT2D eigenvalue weighted by Crippen LogP contribution is 2.30. The van der Waals surface area contributed by atoms with Crippen molar-refractivity contribution < 1.29 is 14.3 Å². The minimum absolute atomic E-state index is 0.346. The van der Waals surface area contributed by atoms with Crippen molar-refractivity contribution in [3.63, 3.8) is 0 Å². The van der Waals surface area contributed by atoms with Gasteiger partial charge in [0.25, 0.3) is 5.91 Å². The highest BCUT2D eigenvalue weighted by molar-refractivity contribution is 6.06. The van der Waals surface area contributed by atoms with E-state index in [1.807, 2.05) is 30.3 Å². The number of aromatic nitrogens is 1. The smallest absolute Gasteiger partial charge is 0.339 e. The Balaban J connectivity index is 1.60. The van der Waals surface area contributed by atoms with Gasteiger partial charge in [0, 0.05) is 11.1 Å². The van der Waals surface area contributed by atoms with Gasteiger partial charge in [-0.3, -0.25) is 9.78 Å². The normalized spacial score (nSPS) is 13.7. The molecule has 1 aromatic heterocycles. The Labute approximate surface area is 174 Å². The molecule has 150 valence electrons. The van der Waals surface area contributed by atoms with Crippen molar-refractivity contribution >= 4 is 28.5 Å². The van der Waals surface area contributed by atoms with E-state index >= 15 is 0 Å². The van der Waals surface area contributed by atoms with Crippen molar-refractivity contribution in [2.45, 2.75) is 38.7 Å². The van der Waals surface area contributed by atoms with Gasteiger partial charge in [-0.1, -0.05) is 30.3 Å². The predicted octanol–water partition coefficient (Wildman–Crippen LogP) is 4.17. The second-order valence-corrected chi connectivity index (χ2v) is 7.33. The van der Waals surface area contributed by atoms with E-state index in [-0.39, 0.29) is 0 Å². The van der Waals surface area contributed by atoms with Crippen molar-refractivity contribution in [2.24, 2.45) is 0 Å². The molecule has 1 aliphatic carbocycles. The van der Waals surface area contributed by atoms with Crippen LogP contribution in [0.1, 0.15) is 46.9 Å². The number of para-hydroxylation sites is 2. The number of hydrogen-bond donors (Lipinski definition) is 1. The lowest BCUT2D eigenvalue weighted by Gasteiger charge is -2.21. The third kappa shape index (κ3) is 3.74. The number of nitriles is 1. The molecule has 3 aromatic rings. The van der Waals surface area contributed by atoms with Crippen LogP contribution in [-0.2, 0) is 22.4 Å². The number of pyridine rings is 1. The third-order valence-electron chi connectivity index (χ3n) is 5.33. The van der Waals surface area contributed by atoms with Crippen LogP contribution in [0.25, 0.3) is 10.9 Å². The number of carbonyl (C=O) groups is 2. The van der Waals surface area contributed by atoms with Crippen LogP contribution < -0.4 is 5.32 Å². The number of nitrogens with zero attached hydrogens (tertiary/aromatic N) is 2. The molecule has 0 fully saturated rings. The number of rotatable bonds is 4. The number of carbonyl (C=O) groups excluding carboxylic acids is 2. The van der Waals surface area contributed by atoms with Crippen molar-refractivity contribution in [3.8, 4) is 6.07 Å². The lowest BCUT2D eigenvalue weighted by Crippen LogP contribution is -2.31. The summed E-state index contributed by atoms with van der Waals surface area (Å²) in [5.41, 5.74) is 3.86. The number of anilines is 1. The maximum atomic E-state index is 13.1. The Morgan fingerprint density at radius 2 is 1.83 bits per heavy atom. The van der Waals surface area contributed by atoms with E-state index in [9.17, 15) is 14.9 Å². The Hall–Kier alpha value is -3.72. The summed E-state index contributed by atoms with van der Waals surface area (Å²) in [5, 5.41) is 12.6. The first-order valence-corrected chi connectivity index (χ1v) is 10.00. The lowest BCUT2D eigenvalue weighted by atomic mass is 9.90. The molecule has 0 saturated carbocycles. The van der Waals surface area contributed by atoms with Crippen molar-refractivity contribution in [3.05, 3.63) is 70.9 Å². The summed E-state index contributed by atoms with van der Waals surface area (Å²) in [4.78, 5) is 30.5. The fourth-order valence-corrected chi connectivity index (χ4v) is 3.80. The van der Waals surface area contributed by atoms with Crippen molar-refractivity contribution in [2.75, 3.05) is 5.32 Å². The predicted molar refractivity (Wildman–Crippen MR) is 113 cm³/mol. The average Bonchev–Trinajstić information content (AvgIpc) is 2.77. The van der Waals surface area contributed by atoms with Crippen LogP contribution in [0.5, 0.6) is 0 Å². The van der Waals surface area contributed by atoms with E-state index in [4.69, 9.17) is 9.72 Å². The van der Waals surface area contributed by atoms with Gasteiger partial charge in [-0.15, -0.1) is 0 Å². The summed E-state index contributed by atoms with van der Waals surface area (Å²) in [7, 11) is 0. The first-order chi connectivity index (χ1) is 14.6. The maximum absolute atomic E-state index is 13.1. The summed E-state index contributed by atoms with van der Waals surface area (Å²) in [6.45, 7) is 1.53. The van der Waals surface area contributed by atoms with E-state index in [1.165, 1.54) is 6.92 Å². The minimum Gasteiger partial charge on any atom is -0.449 e. The number of ether oxygens (including phenoxy) is 1. The van der Waals surface area contributed by atoms with Crippen molar-refractivity contribution in [1.82, 2.24) is 4.98 Å². The van der Waals surface area contributed by atoms with Gasteiger partial charge in [-0.25, -0.2) is 4.79 Å². The molecule has 1 aliphatic rings.